The third-order valence-corrected chi connectivity index (χ3v) is 4.09. The third kappa shape index (κ3) is 4.54. The van der Waals surface area contributed by atoms with Crippen molar-refractivity contribution < 1.29 is 23.8 Å². The first-order valence-electron chi connectivity index (χ1n) is 8.75. The highest BCUT2D eigenvalue weighted by Gasteiger charge is 2.15. The van der Waals surface area contributed by atoms with Crippen LogP contribution in [0.4, 0.5) is 11.6 Å². The van der Waals surface area contributed by atoms with E-state index in [-0.39, 0.29) is 24.7 Å². The Balaban J connectivity index is 1.59. The lowest BCUT2D eigenvalue weighted by Gasteiger charge is -2.14. The van der Waals surface area contributed by atoms with E-state index in [1.54, 1.807) is 34.9 Å². The van der Waals surface area contributed by atoms with Gasteiger partial charge in [-0.15, -0.1) is 10.2 Å². The summed E-state index contributed by atoms with van der Waals surface area (Å²) in [6.07, 6.45) is 1.71. The number of benzene rings is 1. The average molecular weight is 399 g/mol. The Morgan fingerprint density at radius 1 is 0.931 bits per heavy atom. The summed E-state index contributed by atoms with van der Waals surface area (Å²) in [4.78, 5) is 24.4. The van der Waals surface area contributed by atoms with Crippen molar-refractivity contribution in [1.29, 1.82) is 0 Å². The van der Waals surface area contributed by atoms with Crippen LogP contribution in [0.25, 0.3) is 5.65 Å². The minimum atomic E-state index is -0.344. The van der Waals surface area contributed by atoms with Crippen molar-refractivity contribution in [3.05, 3.63) is 36.5 Å². The van der Waals surface area contributed by atoms with Crippen molar-refractivity contribution in [2.24, 2.45) is 0 Å². The Bertz CT molecular complexity index is 1010. The number of rotatable bonds is 8. The van der Waals surface area contributed by atoms with Crippen LogP contribution in [0.2, 0.25) is 0 Å². The van der Waals surface area contributed by atoms with Crippen LogP contribution >= 0.6 is 0 Å². The van der Waals surface area contributed by atoms with E-state index in [1.165, 1.54) is 21.3 Å². The van der Waals surface area contributed by atoms with Crippen molar-refractivity contribution in [2.45, 2.75) is 12.8 Å². The molecule has 1 aromatic carbocycles. The lowest BCUT2D eigenvalue weighted by atomic mass is 10.2. The van der Waals surface area contributed by atoms with E-state index in [0.29, 0.717) is 34.5 Å². The van der Waals surface area contributed by atoms with Crippen LogP contribution in [-0.2, 0) is 9.59 Å². The molecule has 0 spiro atoms. The van der Waals surface area contributed by atoms with Crippen LogP contribution in [0.1, 0.15) is 12.8 Å². The highest BCUT2D eigenvalue weighted by Crippen LogP contribution is 2.39. The van der Waals surface area contributed by atoms with Crippen molar-refractivity contribution in [2.75, 3.05) is 32.0 Å². The molecule has 0 saturated carbocycles. The standard InChI is InChI=1S/C19H21N5O5/c1-27-13-10-12(11-14(28-2)18(13)29-3)20-16(25)7-8-17(26)21-19-23-22-15-6-4-5-9-24(15)19/h4-6,9-11H,7-8H2,1-3H3,(H,20,25)(H,21,23,26). The lowest BCUT2D eigenvalue weighted by Crippen LogP contribution is -2.18. The van der Waals surface area contributed by atoms with Gasteiger partial charge in [0.05, 0.1) is 21.3 Å². The van der Waals surface area contributed by atoms with E-state index in [2.05, 4.69) is 20.8 Å². The fourth-order valence-electron chi connectivity index (χ4n) is 2.72. The smallest absolute Gasteiger partial charge is 0.235 e. The number of methoxy groups -OCH3 is 3. The number of nitrogens with one attached hydrogen (secondary N) is 2. The number of ether oxygens (including phenoxy) is 3. The van der Waals surface area contributed by atoms with E-state index < -0.39 is 0 Å². The predicted octanol–water partition coefficient (Wildman–Crippen LogP) is 2.11. The van der Waals surface area contributed by atoms with Gasteiger partial charge in [-0.25, -0.2) is 0 Å². The second kappa shape index (κ2) is 8.91. The first-order valence-corrected chi connectivity index (χ1v) is 8.75. The van der Waals surface area contributed by atoms with Crippen molar-refractivity contribution in [3.63, 3.8) is 0 Å². The van der Waals surface area contributed by atoms with Crippen LogP contribution < -0.4 is 24.8 Å². The SMILES string of the molecule is COc1cc(NC(=O)CCC(=O)Nc2nnc3ccccn23)cc(OC)c1OC. The van der Waals surface area contributed by atoms with Crippen molar-refractivity contribution >= 4 is 29.1 Å². The molecule has 3 aromatic rings. The summed E-state index contributed by atoms with van der Waals surface area (Å²) >= 11 is 0. The van der Waals surface area contributed by atoms with Crippen LogP contribution in [0.15, 0.2) is 36.5 Å². The number of fused-ring (bicyclic) bond motifs is 1. The van der Waals surface area contributed by atoms with Crippen molar-refractivity contribution in [3.8, 4) is 17.2 Å². The Hall–Kier alpha value is -3.82. The van der Waals surface area contributed by atoms with Gasteiger partial charge in [-0.2, -0.15) is 0 Å². The summed E-state index contributed by atoms with van der Waals surface area (Å²) in [6, 6.07) is 8.62. The lowest BCUT2D eigenvalue weighted by molar-refractivity contribution is -0.121. The van der Waals surface area contributed by atoms with Gasteiger partial charge in [-0.05, 0) is 12.1 Å². The third-order valence-electron chi connectivity index (χ3n) is 4.09. The van der Waals surface area contributed by atoms with Gasteiger partial charge in [0.1, 0.15) is 0 Å². The fraction of sp³-hybridized carbons (Fsp3) is 0.263. The minimum Gasteiger partial charge on any atom is -0.493 e. The van der Waals surface area contributed by atoms with E-state index >= 15 is 0 Å². The van der Waals surface area contributed by atoms with Crippen LogP contribution in [-0.4, -0.2) is 47.7 Å². The monoisotopic (exact) mass is 399 g/mol. The second-order valence-corrected chi connectivity index (χ2v) is 5.96. The summed E-state index contributed by atoms with van der Waals surface area (Å²) in [5, 5.41) is 13.2. The number of aromatic nitrogens is 3. The maximum atomic E-state index is 12.2. The van der Waals surface area contributed by atoms with Crippen molar-refractivity contribution in [1.82, 2.24) is 14.6 Å². The average Bonchev–Trinajstić information content (AvgIpc) is 3.14. The normalized spacial score (nSPS) is 10.4. The van der Waals surface area contributed by atoms with E-state index in [4.69, 9.17) is 14.2 Å². The summed E-state index contributed by atoms with van der Waals surface area (Å²) < 4.78 is 17.4. The zero-order valence-corrected chi connectivity index (χ0v) is 16.3. The Morgan fingerprint density at radius 3 is 2.21 bits per heavy atom. The van der Waals surface area contributed by atoms with Gasteiger partial charge < -0.3 is 19.5 Å². The molecule has 2 aromatic heterocycles. The number of amides is 2. The molecule has 3 rings (SSSR count). The van der Waals surface area contributed by atoms with Gasteiger partial charge in [0.25, 0.3) is 0 Å². The van der Waals surface area contributed by atoms with E-state index in [0.717, 1.165) is 0 Å². The number of pyridine rings is 1. The van der Waals surface area contributed by atoms with Gasteiger partial charge in [0.2, 0.25) is 23.5 Å². The van der Waals surface area contributed by atoms with Gasteiger partial charge >= 0.3 is 0 Å². The largest absolute Gasteiger partial charge is 0.493 e. The summed E-state index contributed by atoms with van der Waals surface area (Å²) in [5.74, 6) is 0.879. The Kier molecular flexibility index (Phi) is 6.12. The number of carbonyl (C=O) groups excluding carboxylic acids is 2. The molecule has 2 heterocycles. The molecule has 152 valence electrons. The topological polar surface area (TPSA) is 116 Å². The molecule has 0 aliphatic rings. The van der Waals surface area contributed by atoms with E-state index in [9.17, 15) is 9.59 Å². The zero-order valence-electron chi connectivity index (χ0n) is 16.3. The van der Waals surface area contributed by atoms with Gasteiger partial charge in [-0.3, -0.25) is 19.3 Å². The van der Waals surface area contributed by atoms with Gasteiger partial charge in [0, 0.05) is 36.9 Å². The van der Waals surface area contributed by atoms with Crippen LogP contribution in [0.3, 0.4) is 0 Å². The molecule has 0 atom stereocenters. The fourth-order valence-corrected chi connectivity index (χ4v) is 2.72. The predicted molar refractivity (Wildman–Crippen MR) is 106 cm³/mol. The number of carbonyl (C=O) groups is 2. The molecular weight excluding hydrogens is 378 g/mol. The summed E-state index contributed by atoms with van der Waals surface area (Å²) in [7, 11) is 4.47. The number of nitrogens with zero attached hydrogens (tertiary/aromatic N) is 3. The quantitative estimate of drug-likeness (QED) is 0.596. The maximum Gasteiger partial charge on any atom is 0.235 e. The summed E-state index contributed by atoms with van der Waals surface area (Å²) in [5.41, 5.74) is 1.08. The molecule has 0 aliphatic carbocycles. The number of hydrogen-bond acceptors (Lipinski definition) is 7. The molecule has 0 aliphatic heterocycles. The molecular formula is C19H21N5O5. The number of anilines is 2. The Labute approximate surface area is 166 Å². The molecule has 0 saturated heterocycles. The number of hydrogen-bond donors (Lipinski definition) is 2. The van der Waals surface area contributed by atoms with Crippen LogP contribution in [0, 0.1) is 0 Å². The molecule has 0 unspecified atom stereocenters. The minimum absolute atomic E-state index is 0.0147. The van der Waals surface area contributed by atoms with E-state index in [1.807, 2.05) is 6.07 Å². The highest BCUT2D eigenvalue weighted by atomic mass is 16.5. The molecule has 10 nitrogen and oxygen atoms in total. The first-order chi connectivity index (χ1) is 14.0. The first kappa shape index (κ1) is 19.9. The summed E-state index contributed by atoms with van der Waals surface area (Å²) in [6.45, 7) is 0. The van der Waals surface area contributed by atoms with Gasteiger partial charge in [-0.1, -0.05) is 6.07 Å². The second-order valence-electron chi connectivity index (χ2n) is 5.96. The molecule has 2 N–H and O–H groups in total. The molecule has 0 fully saturated rings. The Morgan fingerprint density at radius 2 is 1.59 bits per heavy atom. The maximum absolute atomic E-state index is 12.2. The zero-order chi connectivity index (χ0) is 20.8. The molecule has 2 amide bonds. The molecule has 10 heteroatoms. The molecule has 29 heavy (non-hydrogen) atoms. The highest BCUT2D eigenvalue weighted by molar-refractivity contribution is 5.96. The van der Waals surface area contributed by atoms with Gasteiger partial charge in [0.15, 0.2) is 17.1 Å². The molecule has 0 radical (unpaired) electrons. The molecule has 0 bridgehead atoms. The van der Waals surface area contributed by atoms with Crippen LogP contribution in [0.5, 0.6) is 17.2 Å².